The van der Waals surface area contributed by atoms with E-state index in [9.17, 15) is 14.4 Å². The normalized spacial score (nSPS) is 13.5. The molecule has 3 aromatic rings. The molecule has 0 saturated heterocycles. The fourth-order valence-corrected chi connectivity index (χ4v) is 3.94. The molecule has 0 spiro atoms. The van der Waals surface area contributed by atoms with Crippen LogP contribution in [0.5, 0.6) is 0 Å². The van der Waals surface area contributed by atoms with Crippen LogP contribution >= 0.6 is 11.6 Å². The number of nitrogens with zero attached hydrogens (tertiary/aromatic N) is 2. The predicted molar refractivity (Wildman–Crippen MR) is 130 cm³/mol. The van der Waals surface area contributed by atoms with Crippen molar-refractivity contribution in [2.45, 2.75) is 13.8 Å². The molecule has 4 rings (SSSR count). The van der Waals surface area contributed by atoms with E-state index in [2.05, 4.69) is 5.32 Å². The summed E-state index contributed by atoms with van der Waals surface area (Å²) in [6, 6.07) is 23.2. The Morgan fingerprint density at radius 2 is 1.64 bits per heavy atom. The zero-order valence-corrected chi connectivity index (χ0v) is 19.0. The number of anilines is 3. The number of nitrogens with one attached hydrogen (secondary N) is 1. The minimum atomic E-state index is -0.591. The maximum absolute atomic E-state index is 13.2. The van der Waals surface area contributed by atoms with Gasteiger partial charge in [-0.05, 0) is 55.8 Å². The molecule has 0 saturated carbocycles. The Morgan fingerprint density at radius 1 is 0.939 bits per heavy atom. The molecule has 0 fully saturated rings. The van der Waals surface area contributed by atoms with Crippen LogP contribution in [0.25, 0.3) is 0 Å². The van der Waals surface area contributed by atoms with Crippen LogP contribution in [-0.2, 0) is 9.59 Å². The molecule has 0 unspecified atom stereocenters. The maximum atomic E-state index is 13.2. The molecule has 166 valence electrons. The van der Waals surface area contributed by atoms with Gasteiger partial charge in [0.2, 0.25) is 0 Å². The van der Waals surface area contributed by atoms with Crippen molar-refractivity contribution in [2.75, 3.05) is 21.7 Å². The molecule has 1 aliphatic rings. The summed E-state index contributed by atoms with van der Waals surface area (Å²) in [6.45, 7) is 4.22. The van der Waals surface area contributed by atoms with E-state index in [-0.39, 0.29) is 16.6 Å². The van der Waals surface area contributed by atoms with Gasteiger partial charge in [-0.15, -0.1) is 0 Å². The SMILES string of the molecule is CCN(C(=O)c1cccc(NC2=C(Cl)C(=O)N(c3ccccc3C)C2=O)c1)c1ccccc1. The number of carbonyl (C=O) groups excluding carboxylic acids is 3. The zero-order chi connectivity index (χ0) is 23.5. The molecule has 3 amide bonds. The maximum Gasteiger partial charge on any atom is 0.283 e. The van der Waals surface area contributed by atoms with E-state index in [4.69, 9.17) is 11.6 Å². The van der Waals surface area contributed by atoms with Gasteiger partial charge < -0.3 is 10.2 Å². The molecule has 0 radical (unpaired) electrons. The predicted octanol–water partition coefficient (Wildman–Crippen LogP) is 5.10. The second kappa shape index (κ2) is 9.30. The standard InChI is InChI=1S/C26H22ClN3O3/c1-3-29(20-13-5-4-6-14-20)24(31)18-11-9-12-19(16-18)28-23-22(27)25(32)30(26(23)33)21-15-8-7-10-17(21)2/h4-16,28H,3H2,1-2H3. The van der Waals surface area contributed by atoms with E-state index in [1.807, 2.05) is 56.3 Å². The summed E-state index contributed by atoms with van der Waals surface area (Å²) in [4.78, 5) is 41.7. The highest BCUT2D eigenvalue weighted by Crippen LogP contribution is 2.32. The number of para-hydroxylation sites is 2. The number of aryl methyl sites for hydroxylation is 1. The highest BCUT2D eigenvalue weighted by Gasteiger charge is 2.39. The molecular formula is C26H22ClN3O3. The van der Waals surface area contributed by atoms with E-state index in [1.165, 1.54) is 0 Å². The fourth-order valence-electron chi connectivity index (χ4n) is 3.73. The zero-order valence-electron chi connectivity index (χ0n) is 18.2. The number of hydrogen-bond acceptors (Lipinski definition) is 4. The summed E-state index contributed by atoms with van der Waals surface area (Å²) in [5.74, 6) is -1.31. The summed E-state index contributed by atoms with van der Waals surface area (Å²) in [5, 5.41) is 2.75. The average Bonchev–Trinajstić information content (AvgIpc) is 3.04. The number of hydrogen-bond donors (Lipinski definition) is 1. The van der Waals surface area contributed by atoms with Crippen LogP contribution < -0.4 is 15.1 Å². The number of halogens is 1. The van der Waals surface area contributed by atoms with Gasteiger partial charge in [0.25, 0.3) is 17.7 Å². The third-order valence-corrected chi connectivity index (χ3v) is 5.74. The van der Waals surface area contributed by atoms with Gasteiger partial charge in [-0.2, -0.15) is 0 Å². The lowest BCUT2D eigenvalue weighted by atomic mass is 10.1. The van der Waals surface area contributed by atoms with Crippen LogP contribution in [0.3, 0.4) is 0 Å². The molecule has 1 N–H and O–H groups in total. The molecule has 0 bridgehead atoms. The Morgan fingerprint density at radius 3 is 2.33 bits per heavy atom. The van der Waals surface area contributed by atoms with Crippen molar-refractivity contribution < 1.29 is 14.4 Å². The topological polar surface area (TPSA) is 69.7 Å². The van der Waals surface area contributed by atoms with Gasteiger partial charge in [0, 0.05) is 23.5 Å². The second-order valence-electron chi connectivity index (χ2n) is 7.51. The molecule has 0 aromatic heterocycles. The lowest BCUT2D eigenvalue weighted by Crippen LogP contribution is -2.32. The molecule has 1 heterocycles. The average molecular weight is 460 g/mol. The van der Waals surface area contributed by atoms with Crippen molar-refractivity contribution in [1.82, 2.24) is 0 Å². The van der Waals surface area contributed by atoms with Crippen LogP contribution in [0.1, 0.15) is 22.8 Å². The summed E-state index contributed by atoms with van der Waals surface area (Å²) in [7, 11) is 0. The number of imide groups is 1. The molecule has 3 aromatic carbocycles. The largest absolute Gasteiger partial charge is 0.350 e. The Kier molecular flexibility index (Phi) is 6.29. The van der Waals surface area contributed by atoms with Crippen molar-refractivity contribution in [1.29, 1.82) is 0 Å². The lowest BCUT2D eigenvalue weighted by molar-refractivity contribution is -0.120. The van der Waals surface area contributed by atoms with Crippen molar-refractivity contribution in [3.8, 4) is 0 Å². The molecule has 6 nitrogen and oxygen atoms in total. The van der Waals surface area contributed by atoms with Gasteiger partial charge >= 0.3 is 0 Å². The van der Waals surface area contributed by atoms with Gasteiger partial charge in [0.15, 0.2) is 0 Å². The van der Waals surface area contributed by atoms with E-state index in [1.54, 1.807) is 41.3 Å². The molecule has 0 aliphatic carbocycles. The van der Waals surface area contributed by atoms with Crippen molar-refractivity contribution >= 4 is 46.4 Å². The molecule has 7 heteroatoms. The quantitative estimate of drug-likeness (QED) is 0.521. The van der Waals surface area contributed by atoms with Crippen molar-refractivity contribution in [2.24, 2.45) is 0 Å². The number of amides is 3. The molecular weight excluding hydrogens is 438 g/mol. The van der Waals surface area contributed by atoms with Crippen LogP contribution in [0.15, 0.2) is 89.6 Å². The Hall–Kier alpha value is -3.90. The summed E-state index contributed by atoms with van der Waals surface area (Å²) >= 11 is 6.26. The number of benzene rings is 3. The van der Waals surface area contributed by atoms with Gasteiger partial charge in [0.1, 0.15) is 10.7 Å². The first-order valence-electron chi connectivity index (χ1n) is 10.5. The monoisotopic (exact) mass is 459 g/mol. The minimum Gasteiger partial charge on any atom is -0.350 e. The Bertz CT molecular complexity index is 1270. The van der Waals surface area contributed by atoms with E-state index < -0.39 is 11.8 Å². The third-order valence-electron chi connectivity index (χ3n) is 5.39. The van der Waals surface area contributed by atoms with Gasteiger partial charge in [-0.3, -0.25) is 14.4 Å². The van der Waals surface area contributed by atoms with Crippen LogP contribution in [0.2, 0.25) is 0 Å². The molecule has 33 heavy (non-hydrogen) atoms. The van der Waals surface area contributed by atoms with Gasteiger partial charge in [-0.25, -0.2) is 4.90 Å². The number of rotatable bonds is 6. The van der Waals surface area contributed by atoms with Crippen molar-refractivity contribution in [3.63, 3.8) is 0 Å². The van der Waals surface area contributed by atoms with Crippen LogP contribution in [-0.4, -0.2) is 24.3 Å². The van der Waals surface area contributed by atoms with E-state index >= 15 is 0 Å². The number of carbonyl (C=O) groups is 3. The van der Waals surface area contributed by atoms with Crippen LogP contribution in [0, 0.1) is 6.92 Å². The van der Waals surface area contributed by atoms with Gasteiger partial charge in [0.05, 0.1) is 5.69 Å². The van der Waals surface area contributed by atoms with E-state index in [0.717, 1.165) is 16.2 Å². The first-order chi connectivity index (χ1) is 15.9. The summed E-state index contributed by atoms with van der Waals surface area (Å²) in [5.41, 5.74) is 2.94. The van der Waals surface area contributed by atoms with E-state index in [0.29, 0.717) is 23.5 Å². The highest BCUT2D eigenvalue weighted by atomic mass is 35.5. The molecule has 0 atom stereocenters. The van der Waals surface area contributed by atoms with Crippen LogP contribution in [0.4, 0.5) is 17.1 Å². The fraction of sp³-hybridized carbons (Fsp3) is 0.115. The summed E-state index contributed by atoms with van der Waals surface area (Å²) in [6.07, 6.45) is 0. The Labute approximate surface area is 197 Å². The Balaban J connectivity index is 1.60. The third kappa shape index (κ3) is 4.25. The smallest absolute Gasteiger partial charge is 0.283 e. The lowest BCUT2D eigenvalue weighted by Gasteiger charge is -2.21. The highest BCUT2D eigenvalue weighted by molar-refractivity contribution is 6.53. The minimum absolute atomic E-state index is 0.0232. The first-order valence-corrected chi connectivity index (χ1v) is 10.9. The first kappa shape index (κ1) is 22.3. The second-order valence-corrected chi connectivity index (χ2v) is 7.89. The van der Waals surface area contributed by atoms with Crippen molar-refractivity contribution in [3.05, 3.63) is 101 Å². The summed E-state index contributed by atoms with van der Waals surface area (Å²) < 4.78 is 0. The van der Waals surface area contributed by atoms with Gasteiger partial charge in [-0.1, -0.05) is 54.1 Å². The molecule has 1 aliphatic heterocycles.